The number of amides is 1. The van der Waals surface area contributed by atoms with Crippen molar-refractivity contribution in [1.82, 2.24) is 10.1 Å². The first-order chi connectivity index (χ1) is 12.5. The zero-order chi connectivity index (χ0) is 18.3. The summed E-state index contributed by atoms with van der Waals surface area (Å²) in [5.41, 5.74) is 0.772. The molecule has 0 N–H and O–H groups in total. The highest BCUT2D eigenvalue weighted by Crippen LogP contribution is 2.38. The van der Waals surface area contributed by atoms with E-state index in [1.54, 1.807) is 17.0 Å². The fourth-order valence-electron chi connectivity index (χ4n) is 3.77. The summed E-state index contributed by atoms with van der Waals surface area (Å²) in [7, 11) is 0. The molecule has 1 aromatic heterocycles. The third-order valence-electron chi connectivity index (χ3n) is 4.99. The molecule has 3 heterocycles. The second kappa shape index (κ2) is 6.27. The summed E-state index contributed by atoms with van der Waals surface area (Å²) in [6.45, 7) is 5.10. The van der Waals surface area contributed by atoms with E-state index in [2.05, 4.69) is 19.0 Å². The minimum absolute atomic E-state index is 0.0695. The Morgan fingerprint density at radius 2 is 2.15 bits per heavy atom. The van der Waals surface area contributed by atoms with Crippen molar-refractivity contribution in [2.75, 3.05) is 13.1 Å². The van der Waals surface area contributed by atoms with Gasteiger partial charge in [-0.05, 0) is 24.5 Å². The maximum atomic E-state index is 12.8. The lowest BCUT2D eigenvalue weighted by Crippen LogP contribution is -2.45. The van der Waals surface area contributed by atoms with Gasteiger partial charge < -0.3 is 14.2 Å². The second-order valence-corrected chi connectivity index (χ2v) is 7.64. The molecule has 1 atom stereocenters. The lowest BCUT2D eigenvalue weighted by molar-refractivity contribution is 0.0419. The number of nitrogens with zero attached hydrogens (tertiary/aromatic N) is 2. The third-order valence-corrected chi connectivity index (χ3v) is 4.99. The fraction of sp³-hybridized carbons (Fsp3) is 0.450. The van der Waals surface area contributed by atoms with Gasteiger partial charge in [-0.1, -0.05) is 31.1 Å². The van der Waals surface area contributed by atoms with E-state index in [0.717, 1.165) is 12.1 Å². The average molecular weight is 354 g/mol. The Hall–Kier alpha value is -2.63. The maximum Gasteiger partial charge on any atom is 0.292 e. The molecular formula is C20H22N2O4. The van der Waals surface area contributed by atoms with E-state index in [4.69, 9.17) is 9.26 Å². The van der Waals surface area contributed by atoms with Crippen LogP contribution in [0.1, 0.15) is 53.3 Å². The largest absolute Gasteiger partial charge is 0.484 e. The van der Waals surface area contributed by atoms with Crippen LogP contribution in [0.25, 0.3) is 0 Å². The molecule has 6 nitrogen and oxygen atoms in total. The number of Topliss-reactive ketones (excluding diaryl/α,β-unsaturated/α-hetero) is 1. The molecule has 0 aliphatic carbocycles. The van der Waals surface area contributed by atoms with E-state index in [1.807, 2.05) is 18.2 Å². The molecule has 1 aromatic carbocycles. The number of para-hydroxylation sites is 1. The molecule has 4 rings (SSSR count). The number of ketones is 1. The maximum absolute atomic E-state index is 12.8. The molecule has 0 radical (unpaired) electrons. The molecule has 0 saturated carbocycles. The van der Waals surface area contributed by atoms with Gasteiger partial charge in [0.15, 0.2) is 5.78 Å². The molecule has 2 aliphatic heterocycles. The van der Waals surface area contributed by atoms with Crippen molar-refractivity contribution >= 4 is 11.7 Å². The number of carbonyl (C=O) groups is 2. The standard InChI is InChI=1S/C20H22N2O4/c1-13(2)9-14-10-18(26-21-14)19(24)22-8-7-20(12-22)11-16(23)15-5-3-4-6-17(15)25-20/h3-6,10,13H,7-9,11-12H2,1-2H3/t20-/m0/s1. The lowest BCUT2D eigenvalue weighted by Gasteiger charge is -2.34. The molecule has 136 valence electrons. The van der Waals surface area contributed by atoms with Gasteiger partial charge in [-0.25, -0.2) is 0 Å². The van der Waals surface area contributed by atoms with Crippen LogP contribution in [0.3, 0.4) is 0 Å². The van der Waals surface area contributed by atoms with Gasteiger partial charge in [0, 0.05) is 19.0 Å². The molecule has 2 aromatic rings. The number of carbonyl (C=O) groups excluding carboxylic acids is 2. The summed E-state index contributed by atoms with van der Waals surface area (Å²) in [5, 5.41) is 3.99. The van der Waals surface area contributed by atoms with Crippen molar-refractivity contribution in [2.45, 2.75) is 38.7 Å². The number of hydrogen-bond acceptors (Lipinski definition) is 5. The highest BCUT2D eigenvalue weighted by atomic mass is 16.5. The summed E-state index contributed by atoms with van der Waals surface area (Å²) in [6.07, 6.45) is 1.70. The zero-order valence-corrected chi connectivity index (χ0v) is 15.0. The van der Waals surface area contributed by atoms with E-state index in [0.29, 0.717) is 43.2 Å². The van der Waals surface area contributed by atoms with Gasteiger partial charge in [0.25, 0.3) is 5.91 Å². The van der Waals surface area contributed by atoms with Crippen molar-refractivity contribution in [3.05, 3.63) is 47.3 Å². The Labute approximate surface area is 152 Å². The molecule has 1 saturated heterocycles. The fourth-order valence-corrected chi connectivity index (χ4v) is 3.77. The first-order valence-corrected chi connectivity index (χ1v) is 9.02. The number of likely N-dealkylation sites (tertiary alicyclic amines) is 1. The summed E-state index contributed by atoms with van der Waals surface area (Å²) < 4.78 is 11.4. The van der Waals surface area contributed by atoms with E-state index in [1.165, 1.54) is 0 Å². The summed E-state index contributed by atoms with van der Waals surface area (Å²) in [5.74, 6) is 1.18. The van der Waals surface area contributed by atoms with E-state index in [9.17, 15) is 9.59 Å². The molecule has 0 unspecified atom stereocenters. The van der Waals surface area contributed by atoms with Crippen LogP contribution in [-0.4, -0.2) is 40.4 Å². The van der Waals surface area contributed by atoms with Crippen LogP contribution in [-0.2, 0) is 6.42 Å². The van der Waals surface area contributed by atoms with Crippen LogP contribution in [0.2, 0.25) is 0 Å². The van der Waals surface area contributed by atoms with E-state index < -0.39 is 5.60 Å². The average Bonchev–Trinajstić information content (AvgIpc) is 3.21. The smallest absolute Gasteiger partial charge is 0.292 e. The molecule has 1 spiro atoms. The molecule has 0 bridgehead atoms. The Morgan fingerprint density at radius 1 is 1.35 bits per heavy atom. The number of rotatable bonds is 3. The van der Waals surface area contributed by atoms with Crippen LogP contribution in [0.5, 0.6) is 5.75 Å². The number of benzene rings is 1. The molecule has 2 aliphatic rings. The highest BCUT2D eigenvalue weighted by Gasteiger charge is 2.47. The van der Waals surface area contributed by atoms with Gasteiger partial charge in [-0.3, -0.25) is 9.59 Å². The Kier molecular flexibility index (Phi) is 4.05. The summed E-state index contributed by atoms with van der Waals surface area (Å²) in [4.78, 5) is 26.9. The lowest BCUT2D eigenvalue weighted by atomic mass is 9.89. The van der Waals surface area contributed by atoms with Crippen LogP contribution in [0.15, 0.2) is 34.9 Å². The van der Waals surface area contributed by atoms with Gasteiger partial charge in [0.2, 0.25) is 5.76 Å². The Balaban J connectivity index is 1.49. The molecule has 1 amide bonds. The molecule has 26 heavy (non-hydrogen) atoms. The van der Waals surface area contributed by atoms with Crippen molar-refractivity contribution in [2.24, 2.45) is 5.92 Å². The Morgan fingerprint density at radius 3 is 2.96 bits per heavy atom. The van der Waals surface area contributed by atoms with Gasteiger partial charge >= 0.3 is 0 Å². The van der Waals surface area contributed by atoms with Gasteiger partial charge in [-0.2, -0.15) is 0 Å². The zero-order valence-electron chi connectivity index (χ0n) is 15.0. The normalized spacial score (nSPS) is 22.0. The topological polar surface area (TPSA) is 72.6 Å². The quantitative estimate of drug-likeness (QED) is 0.847. The van der Waals surface area contributed by atoms with Gasteiger partial charge in [0.1, 0.15) is 11.4 Å². The van der Waals surface area contributed by atoms with Crippen LogP contribution in [0, 0.1) is 5.92 Å². The van der Waals surface area contributed by atoms with E-state index in [-0.39, 0.29) is 17.5 Å². The van der Waals surface area contributed by atoms with E-state index >= 15 is 0 Å². The van der Waals surface area contributed by atoms with Gasteiger partial charge in [-0.15, -0.1) is 0 Å². The van der Waals surface area contributed by atoms with Crippen LogP contribution in [0.4, 0.5) is 0 Å². The second-order valence-electron chi connectivity index (χ2n) is 7.64. The minimum Gasteiger partial charge on any atom is -0.484 e. The predicted octanol–water partition coefficient (Wildman–Crippen LogP) is 3.12. The van der Waals surface area contributed by atoms with Crippen molar-refractivity contribution in [3.8, 4) is 5.75 Å². The molecule has 6 heteroatoms. The summed E-state index contributed by atoms with van der Waals surface area (Å²) >= 11 is 0. The number of fused-ring (bicyclic) bond motifs is 1. The van der Waals surface area contributed by atoms with Crippen LogP contribution < -0.4 is 4.74 Å². The van der Waals surface area contributed by atoms with Gasteiger partial charge in [0.05, 0.1) is 24.2 Å². The first-order valence-electron chi connectivity index (χ1n) is 9.02. The first kappa shape index (κ1) is 16.8. The minimum atomic E-state index is -0.637. The molecule has 1 fully saturated rings. The Bertz CT molecular complexity index is 857. The predicted molar refractivity (Wildman–Crippen MR) is 94.3 cm³/mol. The number of aromatic nitrogens is 1. The van der Waals surface area contributed by atoms with Crippen molar-refractivity contribution in [1.29, 1.82) is 0 Å². The number of ether oxygens (including phenoxy) is 1. The van der Waals surface area contributed by atoms with Crippen molar-refractivity contribution < 1.29 is 18.8 Å². The van der Waals surface area contributed by atoms with Crippen molar-refractivity contribution in [3.63, 3.8) is 0 Å². The molecular weight excluding hydrogens is 332 g/mol. The van der Waals surface area contributed by atoms with Crippen LogP contribution >= 0.6 is 0 Å². The third kappa shape index (κ3) is 3.00. The monoisotopic (exact) mass is 354 g/mol. The summed E-state index contributed by atoms with van der Waals surface area (Å²) in [6, 6.07) is 9.00. The SMILES string of the molecule is CC(C)Cc1cc(C(=O)N2CC[C@]3(CC(=O)c4ccccc4O3)C2)on1. The highest BCUT2D eigenvalue weighted by molar-refractivity contribution is 6.00. The number of hydrogen-bond donors (Lipinski definition) is 0.